The highest BCUT2D eigenvalue weighted by atomic mass is 19.1. The van der Waals surface area contributed by atoms with Crippen LogP contribution in [0.5, 0.6) is 0 Å². The Morgan fingerprint density at radius 3 is 2.58 bits per heavy atom. The van der Waals surface area contributed by atoms with E-state index in [-0.39, 0.29) is 11.4 Å². The number of benzene rings is 2. The van der Waals surface area contributed by atoms with Crippen LogP contribution in [-0.2, 0) is 13.0 Å². The van der Waals surface area contributed by atoms with Gasteiger partial charge in [0.15, 0.2) is 0 Å². The molecule has 4 rings (SSSR count). The third-order valence-electron chi connectivity index (χ3n) is 5.18. The first kappa shape index (κ1) is 16.9. The van der Waals surface area contributed by atoms with Crippen molar-refractivity contribution in [3.05, 3.63) is 76.1 Å². The van der Waals surface area contributed by atoms with Gasteiger partial charge in [0.25, 0.3) is 5.56 Å². The van der Waals surface area contributed by atoms with E-state index in [0.717, 1.165) is 43.7 Å². The van der Waals surface area contributed by atoms with Gasteiger partial charge in [-0.1, -0.05) is 24.3 Å². The molecule has 4 nitrogen and oxygen atoms in total. The lowest BCUT2D eigenvalue weighted by atomic mass is 9.90. The lowest BCUT2D eigenvalue weighted by molar-refractivity contribution is 0.173. The molecule has 1 N–H and O–H groups in total. The van der Waals surface area contributed by atoms with Crippen molar-refractivity contribution in [2.75, 3.05) is 13.1 Å². The van der Waals surface area contributed by atoms with E-state index in [4.69, 9.17) is 0 Å². The Morgan fingerprint density at radius 2 is 1.81 bits per heavy atom. The molecule has 0 amide bonds. The summed E-state index contributed by atoms with van der Waals surface area (Å²) >= 11 is 0. The number of H-pyrrole nitrogens is 1. The van der Waals surface area contributed by atoms with Gasteiger partial charge in [0.05, 0.1) is 17.4 Å². The van der Waals surface area contributed by atoms with Gasteiger partial charge in [0.1, 0.15) is 11.6 Å². The van der Waals surface area contributed by atoms with Crippen LogP contribution in [0.25, 0.3) is 10.9 Å². The molecule has 1 saturated heterocycles. The third kappa shape index (κ3) is 3.83. The van der Waals surface area contributed by atoms with Crippen LogP contribution in [0.15, 0.2) is 53.3 Å². The second-order valence-electron chi connectivity index (χ2n) is 7.08. The minimum absolute atomic E-state index is 0.0724. The first-order valence-electron chi connectivity index (χ1n) is 9.12. The van der Waals surface area contributed by atoms with Gasteiger partial charge in [-0.05, 0) is 68.1 Å². The number of fused-ring (bicyclic) bond motifs is 1. The smallest absolute Gasteiger partial charge is 0.258 e. The van der Waals surface area contributed by atoms with E-state index in [2.05, 4.69) is 14.9 Å². The van der Waals surface area contributed by atoms with Crippen LogP contribution in [0.3, 0.4) is 0 Å². The topological polar surface area (TPSA) is 49.0 Å². The number of rotatable bonds is 4. The molecule has 1 aliphatic rings. The molecule has 2 heterocycles. The number of nitrogens with zero attached hydrogens (tertiary/aromatic N) is 2. The molecule has 0 spiro atoms. The van der Waals surface area contributed by atoms with E-state index in [1.165, 1.54) is 17.7 Å². The molecule has 1 aromatic heterocycles. The van der Waals surface area contributed by atoms with Gasteiger partial charge in [-0.15, -0.1) is 0 Å². The van der Waals surface area contributed by atoms with Gasteiger partial charge in [-0.3, -0.25) is 9.69 Å². The van der Waals surface area contributed by atoms with Crippen LogP contribution in [0.2, 0.25) is 0 Å². The second-order valence-corrected chi connectivity index (χ2v) is 7.08. The molecule has 1 fully saturated rings. The quantitative estimate of drug-likeness (QED) is 0.782. The lowest BCUT2D eigenvalue weighted by Gasteiger charge is -2.31. The highest BCUT2D eigenvalue weighted by molar-refractivity contribution is 5.77. The zero-order chi connectivity index (χ0) is 17.9. The van der Waals surface area contributed by atoms with Crippen molar-refractivity contribution in [3.63, 3.8) is 0 Å². The average Bonchev–Trinajstić information content (AvgIpc) is 2.65. The molecule has 0 aliphatic carbocycles. The van der Waals surface area contributed by atoms with E-state index in [9.17, 15) is 9.18 Å². The summed E-state index contributed by atoms with van der Waals surface area (Å²) in [4.78, 5) is 22.0. The Kier molecular flexibility index (Phi) is 4.80. The zero-order valence-corrected chi connectivity index (χ0v) is 14.6. The molecule has 5 heteroatoms. The highest BCUT2D eigenvalue weighted by Gasteiger charge is 2.20. The van der Waals surface area contributed by atoms with Gasteiger partial charge in [0.2, 0.25) is 0 Å². The molecule has 3 aromatic rings. The van der Waals surface area contributed by atoms with E-state index >= 15 is 0 Å². The molecule has 1 aliphatic heterocycles. The minimum Gasteiger partial charge on any atom is -0.309 e. The van der Waals surface area contributed by atoms with E-state index < -0.39 is 0 Å². The van der Waals surface area contributed by atoms with Crippen LogP contribution in [0.1, 0.15) is 24.2 Å². The van der Waals surface area contributed by atoms with Crippen molar-refractivity contribution >= 4 is 10.9 Å². The fraction of sp³-hybridized carbons (Fsp3) is 0.333. The number of nitrogens with one attached hydrogen (secondary N) is 1. The van der Waals surface area contributed by atoms with Crippen LogP contribution in [0, 0.1) is 11.7 Å². The maximum atomic E-state index is 13.0. The predicted octanol–water partition coefficient (Wildman–Crippen LogP) is 3.52. The summed E-state index contributed by atoms with van der Waals surface area (Å²) in [7, 11) is 0. The van der Waals surface area contributed by atoms with Crippen molar-refractivity contribution in [1.82, 2.24) is 14.9 Å². The summed E-state index contributed by atoms with van der Waals surface area (Å²) < 4.78 is 13.0. The summed E-state index contributed by atoms with van der Waals surface area (Å²) in [6.45, 7) is 2.65. The van der Waals surface area contributed by atoms with Gasteiger partial charge in [-0.25, -0.2) is 9.37 Å². The number of para-hydroxylation sites is 1. The number of hydrogen-bond acceptors (Lipinski definition) is 3. The lowest BCUT2D eigenvalue weighted by Crippen LogP contribution is -2.34. The summed E-state index contributed by atoms with van der Waals surface area (Å²) in [5.41, 5.74) is 1.87. The molecule has 0 saturated carbocycles. The molecule has 0 radical (unpaired) electrons. The second kappa shape index (κ2) is 7.38. The third-order valence-corrected chi connectivity index (χ3v) is 5.18. The van der Waals surface area contributed by atoms with E-state index in [1.807, 2.05) is 30.3 Å². The largest absolute Gasteiger partial charge is 0.309 e. The Bertz CT molecular complexity index is 943. The number of hydrogen-bond donors (Lipinski definition) is 1. The number of likely N-dealkylation sites (tertiary alicyclic amines) is 1. The molecular weight excluding hydrogens is 329 g/mol. The van der Waals surface area contributed by atoms with Crippen LogP contribution in [0.4, 0.5) is 4.39 Å². The normalized spacial score (nSPS) is 16.2. The van der Waals surface area contributed by atoms with Gasteiger partial charge in [0, 0.05) is 0 Å². The monoisotopic (exact) mass is 351 g/mol. The molecule has 2 aromatic carbocycles. The van der Waals surface area contributed by atoms with Crippen molar-refractivity contribution in [2.24, 2.45) is 5.92 Å². The summed E-state index contributed by atoms with van der Waals surface area (Å²) in [5.74, 6) is 1.17. The molecular formula is C21H22FN3O. The number of halogens is 1. The predicted molar refractivity (Wildman–Crippen MR) is 100 cm³/mol. The Balaban J connectivity index is 1.36. The fourth-order valence-electron chi connectivity index (χ4n) is 3.72. The summed E-state index contributed by atoms with van der Waals surface area (Å²) in [6.07, 6.45) is 3.21. The van der Waals surface area contributed by atoms with Gasteiger partial charge < -0.3 is 4.98 Å². The van der Waals surface area contributed by atoms with Crippen molar-refractivity contribution in [1.29, 1.82) is 0 Å². The molecule has 26 heavy (non-hydrogen) atoms. The number of aromatic nitrogens is 2. The maximum absolute atomic E-state index is 13.0. The molecule has 0 unspecified atom stereocenters. The number of aromatic amines is 1. The molecule has 0 bridgehead atoms. The standard InChI is InChI=1S/C21H22FN3O/c22-17-7-5-15(6-8-17)13-16-9-11-25(12-10-16)14-20-23-19-4-2-1-3-18(19)21(26)24-20/h1-8,16H,9-14H2,(H,23,24,26). The highest BCUT2D eigenvalue weighted by Crippen LogP contribution is 2.22. The first-order chi connectivity index (χ1) is 12.7. The fourth-order valence-corrected chi connectivity index (χ4v) is 3.72. The summed E-state index contributed by atoms with van der Waals surface area (Å²) in [5, 5.41) is 0.634. The zero-order valence-electron chi connectivity index (χ0n) is 14.6. The summed E-state index contributed by atoms with van der Waals surface area (Å²) in [6, 6.07) is 14.3. The van der Waals surface area contributed by atoms with E-state index in [0.29, 0.717) is 17.8 Å². The van der Waals surface area contributed by atoms with Gasteiger partial charge >= 0.3 is 0 Å². The van der Waals surface area contributed by atoms with Crippen molar-refractivity contribution in [2.45, 2.75) is 25.8 Å². The SMILES string of the molecule is O=c1[nH]c(CN2CCC(Cc3ccc(F)cc3)CC2)nc2ccccc12. The minimum atomic E-state index is -0.180. The maximum Gasteiger partial charge on any atom is 0.258 e. The Hall–Kier alpha value is -2.53. The van der Waals surface area contributed by atoms with Crippen LogP contribution < -0.4 is 5.56 Å². The number of piperidine rings is 1. The molecule has 134 valence electrons. The average molecular weight is 351 g/mol. The van der Waals surface area contributed by atoms with Crippen LogP contribution >= 0.6 is 0 Å². The Labute approximate surface area is 151 Å². The van der Waals surface area contributed by atoms with E-state index in [1.54, 1.807) is 6.07 Å². The Morgan fingerprint density at radius 1 is 1.08 bits per heavy atom. The van der Waals surface area contributed by atoms with Crippen molar-refractivity contribution in [3.8, 4) is 0 Å². The first-order valence-corrected chi connectivity index (χ1v) is 9.12. The molecule has 0 atom stereocenters. The van der Waals surface area contributed by atoms with Gasteiger partial charge in [-0.2, -0.15) is 0 Å². The van der Waals surface area contributed by atoms with Crippen molar-refractivity contribution < 1.29 is 4.39 Å². The van der Waals surface area contributed by atoms with Crippen LogP contribution in [-0.4, -0.2) is 28.0 Å².